The van der Waals surface area contributed by atoms with E-state index in [1.807, 2.05) is 0 Å². The molecule has 0 rings (SSSR count). The fraction of sp³-hybridized carbons (Fsp3) is 0.761. The Kier molecular flexibility index (Phi) is 62.2. The van der Waals surface area contributed by atoms with Crippen LogP contribution < -0.4 is 0 Å². The Morgan fingerprint density at radius 3 is 0.805 bits per heavy atom. The van der Waals surface area contributed by atoms with E-state index in [-0.39, 0.29) is 31.1 Å². The molecule has 0 radical (unpaired) electrons. The van der Waals surface area contributed by atoms with Crippen molar-refractivity contribution in [3.8, 4) is 0 Å². The molecule has 0 fully saturated rings. The molecule has 0 aromatic carbocycles. The van der Waals surface area contributed by atoms with Crippen molar-refractivity contribution >= 4 is 17.9 Å². The van der Waals surface area contributed by atoms with Crippen LogP contribution in [0.25, 0.3) is 0 Å². The van der Waals surface area contributed by atoms with Crippen molar-refractivity contribution in [2.75, 3.05) is 13.2 Å². The highest BCUT2D eigenvalue weighted by Gasteiger charge is 2.19. The molecule has 77 heavy (non-hydrogen) atoms. The molecular formula is C71H124O6. The van der Waals surface area contributed by atoms with Gasteiger partial charge < -0.3 is 14.2 Å². The SMILES string of the molecule is CC/C=C\C/C=C\C/C=C\C/C=C\C/C=C\C/C=C\CCCCCCCCCCCCC(=O)OCC(COC(=O)CCCCCCCCCCCCCCCCC)OC(=O)CCCCCCC/C=C\CCCCCCCC. The Bertz CT molecular complexity index is 1470. The second-order valence-corrected chi connectivity index (χ2v) is 22.0. The summed E-state index contributed by atoms with van der Waals surface area (Å²) in [4.78, 5) is 38.3. The summed E-state index contributed by atoms with van der Waals surface area (Å²) in [5.41, 5.74) is 0. The number of carbonyl (C=O) groups excluding carboxylic acids is 3. The van der Waals surface area contributed by atoms with Crippen molar-refractivity contribution in [2.45, 2.75) is 335 Å². The first kappa shape index (κ1) is 73.6. The highest BCUT2D eigenvalue weighted by Crippen LogP contribution is 2.17. The Balaban J connectivity index is 4.28. The standard InChI is InChI=1S/C71H124O6/c1-4-7-10-13-16-19-22-25-28-29-30-31-32-33-34-35-36-37-38-39-40-41-44-46-49-52-55-58-61-64-70(73)76-67-68(77-71(74)65-62-59-56-53-50-47-43-27-24-21-18-15-12-9-6-3)66-75-69(72)63-60-57-54-51-48-45-42-26-23-20-17-14-11-8-5-2/h7,10,16,19,25,27-28,30-31,33-34,36-37,43,68H,4-6,8-9,11-15,17-18,20-24,26,29,32,35,38-42,44-67H2,1-3H3/b10-7-,19-16-,28-25-,31-30-,34-33-,37-36-,43-27-. The average molecular weight is 1070 g/mol. The molecule has 0 amide bonds. The molecule has 6 heteroatoms. The molecule has 0 saturated heterocycles. The number of carbonyl (C=O) groups is 3. The van der Waals surface area contributed by atoms with Crippen molar-refractivity contribution in [2.24, 2.45) is 0 Å². The molecule has 0 aliphatic heterocycles. The van der Waals surface area contributed by atoms with Crippen LogP contribution in [0.5, 0.6) is 0 Å². The number of ether oxygens (including phenoxy) is 3. The highest BCUT2D eigenvalue weighted by atomic mass is 16.6. The first-order valence-corrected chi connectivity index (χ1v) is 33.1. The van der Waals surface area contributed by atoms with Gasteiger partial charge in [-0.15, -0.1) is 0 Å². The topological polar surface area (TPSA) is 78.9 Å². The first-order valence-electron chi connectivity index (χ1n) is 33.1. The third-order valence-electron chi connectivity index (χ3n) is 14.4. The molecule has 6 nitrogen and oxygen atoms in total. The van der Waals surface area contributed by atoms with Crippen molar-refractivity contribution in [3.05, 3.63) is 85.1 Å². The zero-order chi connectivity index (χ0) is 55.7. The molecule has 0 aliphatic rings. The summed E-state index contributed by atoms with van der Waals surface area (Å²) >= 11 is 0. The number of esters is 3. The third kappa shape index (κ3) is 63.3. The Morgan fingerprint density at radius 2 is 0.506 bits per heavy atom. The summed E-state index contributed by atoms with van der Waals surface area (Å²) in [6.07, 6.45) is 85.9. The first-order chi connectivity index (χ1) is 38.0. The van der Waals surface area contributed by atoms with Crippen molar-refractivity contribution < 1.29 is 28.6 Å². The molecule has 1 unspecified atom stereocenters. The van der Waals surface area contributed by atoms with E-state index in [1.165, 1.54) is 180 Å². The van der Waals surface area contributed by atoms with E-state index in [0.717, 1.165) is 109 Å². The summed E-state index contributed by atoms with van der Waals surface area (Å²) in [6.45, 7) is 6.55. The van der Waals surface area contributed by atoms with Gasteiger partial charge in [-0.2, -0.15) is 0 Å². The molecule has 0 N–H and O–H groups in total. The van der Waals surface area contributed by atoms with Crippen LogP contribution in [0, 0.1) is 0 Å². The lowest BCUT2D eigenvalue weighted by molar-refractivity contribution is -0.167. The van der Waals surface area contributed by atoms with Crippen LogP contribution in [-0.4, -0.2) is 37.2 Å². The largest absolute Gasteiger partial charge is 0.462 e. The van der Waals surface area contributed by atoms with E-state index in [1.54, 1.807) is 0 Å². The average Bonchev–Trinajstić information content (AvgIpc) is 3.43. The van der Waals surface area contributed by atoms with Crippen LogP contribution in [-0.2, 0) is 28.6 Å². The number of rotatable bonds is 60. The smallest absolute Gasteiger partial charge is 0.306 e. The van der Waals surface area contributed by atoms with Gasteiger partial charge in [0.2, 0.25) is 0 Å². The van der Waals surface area contributed by atoms with Crippen molar-refractivity contribution in [1.82, 2.24) is 0 Å². The van der Waals surface area contributed by atoms with Gasteiger partial charge in [-0.1, -0.05) is 298 Å². The minimum absolute atomic E-state index is 0.0769. The summed E-state index contributed by atoms with van der Waals surface area (Å²) in [6, 6.07) is 0. The van der Waals surface area contributed by atoms with Crippen LogP contribution >= 0.6 is 0 Å². The zero-order valence-corrected chi connectivity index (χ0v) is 51.0. The van der Waals surface area contributed by atoms with Crippen LogP contribution in [0.2, 0.25) is 0 Å². The van der Waals surface area contributed by atoms with Gasteiger partial charge in [-0.25, -0.2) is 0 Å². The summed E-state index contributed by atoms with van der Waals surface area (Å²) in [7, 11) is 0. The van der Waals surface area contributed by atoms with Gasteiger partial charge >= 0.3 is 17.9 Å². The Hall–Kier alpha value is -3.41. The van der Waals surface area contributed by atoms with Gasteiger partial charge in [0, 0.05) is 19.3 Å². The second-order valence-electron chi connectivity index (χ2n) is 22.0. The maximum absolute atomic E-state index is 12.9. The predicted octanol–water partition coefficient (Wildman–Crippen LogP) is 22.7. The van der Waals surface area contributed by atoms with E-state index in [4.69, 9.17) is 14.2 Å². The van der Waals surface area contributed by atoms with Gasteiger partial charge in [0.25, 0.3) is 0 Å². The minimum Gasteiger partial charge on any atom is -0.462 e. The number of unbranched alkanes of at least 4 members (excludes halogenated alkanes) is 35. The zero-order valence-electron chi connectivity index (χ0n) is 51.0. The molecule has 0 spiro atoms. The minimum atomic E-state index is -0.781. The van der Waals surface area contributed by atoms with Gasteiger partial charge in [-0.3, -0.25) is 14.4 Å². The summed E-state index contributed by atoms with van der Waals surface area (Å²) in [5, 5.41) is 0. The fourth-order valence-electron chi connectivity index (χ4n) is 9.44. The molecule has 444 valence electrons. The fourth-order valence-corrected chi connectivity index (χ4v) is 9.44. The summed E-state index contributed by atoms with van der Waals surface area (Å²) in [5.74, 6) is -0.874. The lowest BCUT2D eigenvalue weighted by Gasteiger charge is -2.18. The number of hydrogen-bond donors (Lipinski definition) is 0. The van der Waals surface area contributed by atoms with E-state index >= 15 is 0 Å². The Labute approximate surface area is 477 Å². The molecule has 0 aliphatic carbocycles. The molecule has 1 atom stereocenters. The van der Waals surface area contributed by atoms with Crippen LogP contribution in [0.15, 0.2) is 85.1 Å². The van der Waals surface area contributed by atoms with E-state index < -0.39 is 6.10 Å². The molecule has 0 bridgehead atoms. The number of allylic oxidation sites excluding steroid dienone is 14. The highest BCUT2D eigenvalue weighted by molar-refractivity contribution is 5.71. The monoisotopic (exact) mass is 1070 g/mol. The van der Waals surface area contributed by atoms with Gasteiger partial charge in [0.15, 0.2) is 6.10 Å². The predicted molar refractivity (Wildman–Crippen MR) is 334 cm³/mol. The van der Waals surface area contributed by atoms with E-state index in [0.29, 0.717) is 19.3 Å². The molecule has 0 heterocycles. The number of hydrogen-bond acceptors (Lipinski definition) is 6. The van der Waals surface area contributed by atoms with Crippen LogP contribution in [0.4, 0.5) is 0 Å². The maximum Gasteiger partial charge on any atom is 0.306 e. The molecular weight excluding hydrogens is 949 g/mol. The molecule has 0 aromatic rings. The summed E-state index contributed by atoms with van der Waals surface area (Å²) < 4.78 is 16.9. The van der Waals surface area contributed by atoms with Gasteiger partial charge in [0.05, 0.1) is 0 Å². The third-order valence-corrected chi connectivity index (χ3v) is 14.4. The Morgan fingerprint density at radius 1 is 0.273 bits per heavy atom. The van der Waals surface area contributed by atoms with E-state index in [2.05, 4.69) is 106 Å². The van der Waals surface area contributed by atoms with E-state index in [9.17, 15) is 14.4 Å². The van der Waals surface area contributed by atoms with Gasteiger partial charge in [-0.05, 0) is 96.3 Å². The van der Waals surface area contributed by atoms with Crippen molar-refractivity contribution in [3.63, 3.8) is 0 Å². The second kappa shape index (κ2) is 65.1. The maximum atomic E-state index is 12.9. The van der Waals surface area contributed by atoms with Crippen molar-refractivity contribution in [1.29, 1.82) is 0 Å². The molecule has 0 aromatic heterocycles. The molecule has 0 saturated carbocycles. The quantitative estimate of drug-likeness (QED) is 0.0261. The lowest BCUT2D eigenvalue weighted by atomic mass is 10.0. The lowest BCUT2D eigenvalue weighted by Crippen LogP contribution is -2.30. The van der Waals surface area contributed by atoms with Crippen LogP contribution in [0.1, 0.15) is 329 Å². The van der Waals surface area contributed by atoms with Gasteiger partial charge in [0.1, 0.15) is 13.2 Å². The van der Waals surface area contributed by atoms with Crippen LogP contribution in [0.3, 0.4) is 0 Å². The normalized spacial score (nSPS) is 12.6.